The molecule has 158 valence electrons. The number of sulfonamides is 1. The second kappa shape index (κ2) is 9.80. The number of nitrogens with zero attached hydrogens (tertiary/aromatic N) is 1. The van der Waals surface area contributed by atoms with E-state index >= 15 is 0 Å². The molecule has 0 saturated heterocycles. The highest BCUT2D eigenvalue weighted by molar-refractivity contribution is 7.88. The van der Waals surface area contributed by atoms with Crippen LogP contribution in [0.5, 0.6) is 0 Å². The predicted octanol–water partition coefficient (Wildman–Crippen LogP) is 4.59. The maximum atomic E-state index is 13.7. The van der Waals surface area contributed by atoms with E-state index in [2.05, 4.69) is 5.32 Å². The van der Waals surface area contributed by atoms with Crippen LogP contribution in [0, 0.1) is 17.5 Å². The molecule has 0 heterocycles. The fourth-order valence-electron chi connectivity index (χ4n) is 2.47. The van der Waals surface area contributed by atoms with Crippen molar-refractivity contribution in [2.24, 2.45) is 0 Å². The lowest BCUT2D eigenvalue weighted by atomic mass is 10.2. The van der Waals surface area contributed by atoms with Crippen LogP contribution in [0.4, 0.5) is 18.9 Å². The smallest absolute Gasteiger partial charge is 0.239 e. The zero-order valence-corrected chi connectivity index (χ0v) is 17.5. The fourth-order valence-corrected chi connectivity index (χ4v) is 4.35. The Morgan fingerprint density at radius 2 is 1.76 bits per heavy atom. The molecule has 2 rings (SSSR count). The summed E-state index contributed by atoms with van der Waals surface area (Å²) in [6.07, 6.45) is 0.410. The first kappa shape index (κ1) is 23.5. The molecule has 2 aromatic carbocycles. The lowest BCUT2D eigenvalue weighted by Gasteiger charge is -2.21. The number of halogens is 5. The standard InChI is InChI=1S/C18H17Cl2F3N2O3S/c1-2-7-25(29(27,28)10-11-3-4-12(19)13(20)8-11)9-16(26)24-15-6-5-14(21)17(22)18(15)23/h3-6,8H,2,7,9-10H2,1H3,(H,24,26). The third-order valence-electron chi connectivity index (χ3n) is 3.83. The third kappa shape index (κ3) is 6.08. The van der Waals surface area contributed by atoms with Crippen molar-refractivity contribution in [2.45, 2.75) is 19.1 Å². The van der Waals surface area contributed by atoms with Gasteiger partial charge >= 0.3 is 0 Å². The first-order valence-corrected chi connectivity index (χ1v) is 10.8. The summed E-state index contributed by atoms with van der Waals surface area (Å²) in [6, 6.07) is 5.85. The molecule has 29 heavy (non-hydrogen) atoms. The zero-order valence-electron chi connectivity index (χ0n) is 15.2. The molecule has 0 fully saturated rings. The minimum absolute atomic E-state index is 0.0251. The number of nitrogens with one attached hydrogen (secondary N) is 1. The molecule has 0 atom stereocenters. The summed E-state index contributed by atoms with van der Waals surface area (Å²) < 4.78 is 66.4. The van der Waals surface area contributed by atoms with Gasteiger partial charge in [0, 0.05) is 6.54 Å². The normalized spacial score (nSPS) is 11.7. The van der Waals surface area contributed by atoms with Gasteiger partial charge in [-0.15, -0.1) is 0 Å². The highest BCUT2D eigenvalue weighted by atomic mass is 35.5. The van der Waals surface area contributed by atoms with E-state index in [4.69, 9.17) is 23.2 Å². The Labute approximate surface area is 176 Å². The zero-order chi connectivity index (χ0) is 21.8. The van der Waals surface area contributed by atoms with E-state index in [1.54, 1.807) is 6.92 Å². The van der Waals surface area contributed by atoms with E-state index in [0.29, 0.717) is 18.1 Å². The molecule has 11 heteroatoms. The largest absolute Gasteiger partial charge is 0.322 e. The van der Waals surface area contributed by atoms with Crippen LogP contribution in [0.3, 0.4) is 0 Å². The van der Waals surface area contributed by atoms with E-state index < -0.39 is 51.4 Å². The van der Waals surface area contributed by atoms with Crippen LogP contribution in [0.25, 0.3) is 0 Å². The Morgan fingerprint density at radius 3 is 2.38 bits per heavy atom. The molecule has 0 saturated carbocycles. The van der Waals surface area contributed by atoms with Gasteiger partial charge in [-0.25, -0.2) is 21.6 Å². The van der Waals surface area contributed by atoms with Gasteiger partial charge in [-0.1, -0.05) is 36.2 Å². The van der Waals surface area contributed by atoms with Gasteiger partial charge in [0.25, 0.3) is 0 Å². The molecule has 0 aliphatic heterocycles. The van der Waals surface area contributed by atoms with Crippen molar-refractivity contribution >= 4 is 44.8 Å². The molecule has 0 aliphatic carbocycles. The summed E-state index contributed by atoms with van der Waals surface area (Å²) in [7, 11) is -3.94. The highest BCUT2D eigenvalue weighted by Crippen LogP contribution is 2.24. The van der Waals surface area contributed by atoms with Crippen LogP contribution < -0.4 is 5.32 Å². The number of carbonyl (C=O) groups is 1. The highest BCUT2D eigenvalue weighted by Gasteiger charge is 2.25. The molecule has 0 radical (unpaired) electrons. The van der Waals surface area contributed by atoms with Crippen LogP contribution in [-0.4, -0.2) is 31.7 Å². The quantitative estimate of drug-likeness (QED) is 0.576. The summed E-state index contributed by atoms with van der Waals surface area (Å²) in [4.78, 5) is 12.2. The van der Waals surface area contributed by atoms with Gasteiger partial charge in [-0.2, -0.15) is 4.31 Å². The van der Waals surface area contributed by atoms with Crippen LogP contribution in [0.15, 0.2) is 30.3 Å². The van der Waals surface area contributed by atoms with Crippen LogP contribution in [-0.2, 0) is 20.6 Å². The van der Waals surface area contributed by atoms with Crippen molar-refractivity contribution in [3.8, 4) is 0 Å². The van der Waals surface area contributed by atoms with Gasteiger partial charge in [-0.3, -0.25) is 4.79 Å². The second-order valence-corrected chi connectivity index (χ2v) is 8.89. The van der Waals surface area contributed by atoms with Gasteiger partial charge in [0.2, 0.25) is 15.9 Å². The Hall–Kier alpha value is -1.81. The van der Waals surface area contributed by atoms with Gasteiger partial charge in [0.1, 0.15) is 0 Å². The van der Waals surface area contributed by atoms with Crippen molar-refractivity contribution in [2.75, 3.05) is 18.4 Å². The number of amides is 1. The summed E-state index contributed by atoms with van der Waals surface area (Å²) in [6.45, 7) is 1.11. The van der Waals surface area contributed by atoms with E-state index in [1.807, 2.05) is 0 Å². The molecule has 0 aliphatic rings. The molecular weight excluding hydrogens is 452 g/mol. The monoisotopic (exact) mass is 468 g/mol. The first-order valence-electron chi connectivity index (χ1n) is 8.40. The number of benzene rings is 2. The summed E-state index contributed by atoms with van der Waals surface area (Å²) in [5.74, 6) is -6.05. The van der Waals surface area contributed by atoms with Gasteiger partial charge in [0.05, 0.1) is 28.0 Å². The Balaban J connectivity index is 2.16. The summed E-state index contributed by atoms with van der Waals surface area (Å²) in [5.41, 5.74) is -0.222. The fraction of sp³-hybridized carbons (Fsp3) is 0.278. The van der Waals surface area contributed by atoms with Crippen molar-refractivity contribution in [3.05, 3.63) is 63.4 Å². The molecule has 0 bridgehead atoms. The Bertz CT molecular complexity index is 1020. The van der Waals surface area contributed by atoms with E-state index in [-0.39, 0.29) is 16.6 Å². The molecule has 1 N–H and O–H groups in total. The minimum atomic E-state index is -3.94. The average Bonchev–Trinajstić information content (AvgIpc) is 2.64. The second-order valence-electron chi connectivity index (χ2n) is 6.11. The third-order valence-corrected chi connectivity index (χ3v) is 6.36. The molecule has 0 spiro atoms. The molecule has 1 amide bonds. The SMILES string of the molecule is CCCN(CC(=O)Nc1ccc(F)c(F)c1F)S(=O)(=O)Cc1ccc(Cl)c(Cl)c1. The molecular formula is C18H17Cl2F3N2O3S. The predicted molar refractivity (Wildman–Crippen MR) is 106 cm³/mol. The summed E-state index contributed by atoms with van der Waals surface area (Å²) in [5, 5.41) is 2.51. The first-order chi connectivity index (χ1) is 13.5. The summed E-state index contributed by atoms with van der Waals surface area (Å²) >= 11 is 11.7. The maximum absolute atomic E-state index is 13.7. The number of rotatable bonds is 8. The number of carbonyl (C=O) groups excluding carboxylic acids is 1. The van der Waals surface area contributed by atoms with Gasteiger partial charge < -0.3 is 5.32 Å². The van der Waals surface area contributed by atoms with E-state index in [1.165, 1.54) is 18.2 Å². The van der Waals surface area contributed by atoms with Crippen molar-refractivity contribution < 1.29 is 26.4 Å². The Kier molecular flexibility index (Phi) is 7.93. The minimum Gasteiger partial charge on any atom is -0.322 e. The lowest BCUT2D eigenvalue weighted by molar-refractivity contribution is -0.116. The van der Waals surface area contributed by atoms with Crippen molar-refractivity contribution in [1.82, 2.24) is 4.31 Å². The van der Waals surface area contributed by atoms with E-state index in [0.717, 1.165) is 10.4 Å². The maximum Gasteiger partial charge on any atom is 0.239 e. The number of hydrogen-bond donors (Lipinski definition) is 1. The number of hydrogen-bond acceptors (Lipinski definition) is 3. The lowest BCUT2D eigenvalue weighted by Crippen LogP contribution is -2.39. The van der Waals surface area contributed by atoms with Gasteiger partial charge in [0.15, 0.2) is 17.5 Å². The van der Waals surface area contributed by atoms with Crippen molar-refractivity contribution in [3.63, 3.8) is 0 Å². The average molecular weight is 469 g/mol. The van der Waals surface area contributed by atoms with Crippen LogP contribution in [0.1, 0.15) is 18.9 Å². The van der Waals surface area contributed by atoms with Gasteiger partial charge in [-0.05, 0) is 36.2 Å². The topological polar surface area (TPSA) is 66.5 Å². The molecule has 0 aromatic heterocycles. The van der Waals surface area contributed by atoms with Crippen LogP contribution in [0.2, 0.25) is 10.0 Å². The molecule has 0 unspecified atom stereocenters. The molecule has 5 nitrogen and oxygen atoms in total. The van der Waals surface area contributed by atoms with Crippen molar-refractivity contribution in [1.29, 1.82) is 0 Å². The Morgan fingerprint density at radius 1 is 1.07 bits per heavy atom. The van der Waals surface area contributed by atoms with Crippen LogP contribution >= 0.6 is 23.2 Å². The number of anilines is 1. The van der Waals surface area contributed by atoms with E-state index in [9.17, 15) is 26.4 Å². The molecule has 2 aromatic rings.